The van der Waals surface area contributed by atoms with Crippen molar-refractivity contribution < 1.29 is 9.90 Å². The van der Waals surface area contributed by atoms with E-state index in [1.165, 1.54) is 4.57 Å². The average molecular weight is 217 g/mol. The third-order valence-electron chi connectivity index (χ3n) is 1.50. The predicted octanol–water partition coefficient (Wildman–Crippen LogP) is 0.158. The number of hydrogen-bond acceptors (Lipinski definition) is 4. The molecule has 1 heterocycles. The van der Waals surface area contributed by atoms with Gasteiger partial charge in [0, 0.05) is 6.54 Å². The van der Waals surface area contributed by atoms with E-state index in [0.29, 0.717) is 11.7 Å². The highest BCUT2D eigenvalue weighted by atomic mass is 32.2. The lowest BCUT2D eigenvalue weighted by Gasteiger charge is -2.00. The van der Waals surface area contributed by atoms with Crippen molar-refractivity contribution in [1.29, 1.82) is 0 Å². The summed E-state index contributed by atoms with van der Waals surface area (Å²) >= 11 is 1.04. The van der Waals surface area contributed by atoms with Crippen molar-refractivity contribution in [3.05, 3.63) is 10.5 Å². The van der Waals surface area contributed by atoms with E-state index in [9.17, 15) is 9.59 Å². The lowest BCUT2D eigenvalue weighted by Crippen LogP contribution is -2.17. The summed E-state index contributed by atoms with van der Waals surface area (Å²) in [6.07, 6.45) is 0.806. The van der Waals surface area contributed by atoms with Gasteiger partial charge in [0.25, 0.3) is 0 Å². The quantitative estimate of drug-likeness (QED) is 0.686. The molecule has 1 aromatic heterocycles. The first-order valence-corrected chi connectivity index (χ1v) is 5.13. The first-order chi connectivity index (χ1) is 6.65. The third kappa shape index (κ3) is 2.63. The smallest absolute Gasteiger partial charge is 0.343 e. The number of hydrogen-bond donors (Lipinski definition) is 2. The SMILES string of the molecule is CCCn1c(SCC(=O)O)n[nH]c1=O. The van der Waals surface area contributed by atoms with Crippen LogP contribution in [0.5, 0.6) is 0 Å². The van der Waals surface area contributed by atoms with E-state index >= 15 is 0 Å². The molecule has 2 N–H and O–H groups in total. The molecule has 0 unspecified atom stereocenters. The van der Waals surface area contributed by atoms with Crippen LogP contribution in [0.3, 0.4) is 0 Å². The Labute approximate surface area is 84.3 Å². The first kappa shape index (κ1) is 10.8. The van der Waals surface area contributed by atoms with Gasteiger partial charge in [0.05, 0.1) is 5.75 Å². The Morgan fingerprint density at radius 1 is 1.71 bits per heavy atom. The third-order valence-corrected chi connectivity index (χ3v) is 2.46. The number of thioether (sulfide) groups is 1. The van der Waals surface area contributed by atoms with Gasteiger partial charge in [-0.15, -0.1) is 5.10 Å². The number of aliphatic carboxylic acids is 1. The highest BCUT2D eigenvalue weighted by molar-refractivity contribution is 7.99. The Morgan fingerprint density at radius 2 is 2.43 bits per heavy atom. The Kier molecular flexibility index (Phi) is 3.75. The van der Waals surface area contributed by atoms with Gasteiger partial charge in [-0.25, -0.2) is 9.89 Å². The van der Waals surface area contributed by atoms with Crippen molar-refractivity contribution >= 4 is 17.7 Å². The largest absolute Gasteiger partial charge is 0.481 e. The lowest BCUT2D eigenvalue weighted by molar-refractivity contribution is -0.133. The zero-order valence-electron chi connectivity index (χ0n) is 7.69. The van der Waals surface area contributed by atoms with Crippen molar-refractivity contribution in [1.82, 2.24) is 14.8 Å². The van der Waals surface area contributed by atoms with Gasteiger partial charge in [-0.2, -0.15) is 0 Å². The Balaban J connectivity index is 2.75. The van der Waals surface area contributed by atoms with Crippen molar-refractivity contribution in [3.8, 4) is 0 Å². The highest BCUT2D eigenvalue weighted by Crippen LogP contribution is 2.12. The molecule has 0 aliphatic rings. The molecule has 0 amide bonds. The molecule has 0 atom stereocenters. The van der Waals surface area contributed by atoms with Crippen molar-refractivity contribution in [2.24, 2.45) is 0 Å². The standard InChI is InChI=1S/C7H11N3O3S/c1-2-3-10-6(13)8-9-7(10)14-4-5(11)12/h2-4H2,1H3,(H,8,13)(H,11,12). The molecule has 0 aliphatic heterocycles. The molecule has 0 aliphatic carbocycles. The monoisotopic (exact) mass is 217 g/mol. The summed E-state index contributed by atoms with van der Waals surface area (Å²) < 4.78 is 1.44. The van der Waals surface area contributed by atoms with Crippen LogP contribution in [0.25, 0.3) is 0 Å². The van der Waals surface area contributed by atoms with Crippen LogP contribution in [0.2, 0.25) is 0 Å². The maximum absolute atomic E-state index is 11.2. The Bertz CT molecular complexity index is 371. The van der Waals surface area contributed by atoms with E-state index in [2.05, 4.69) is 10.2 Å². The summed E-state index contributed by atoms with van der Waals surface area (Å²) in [7, 11) is 0. The van der Waals surface area contributed by atoms with Crippen molar-refractivity contribution in [2.45, 2.75) is 25.0 Å². The molecule has 7 heteroatoms. The number of carboxylic acid groups (broad SMARTS) is 1. The van der Waals surface area contributed by atoms with Gasteiger partial charge in [0.2, 0.25) is 0 Å². The van der Waals surface area contributed by atoms with Gasteiger partial charge in [0.1, 0.15) is 0 Å². The van der Waals surface area contributed by atoms with E-state index in [4.69, 9.17) is 5.11 Å². The van der Waals surface area contributed by atoms with E-state index < -0.39 is 5.97 Å². The minimum absolute atomic E-state index is 0.0893. The van der Waals surface area contributed by atoms with Crippen LogP contribution in [0, 0.1) is 0 Å². The molecule has 0 bridgehead atoms. The summed E-state index contributed by atoms with van der Waals surface area (Å²) in [4.78, 5) is 21.5. The zero-order chi connectivity index (χ0) is 10.6. The number of carbonyl (C=O) groups is 1. The summed E-state index contributed by atoms with van der Waals surface area (Å²) in [6, 6.07) is 0. The summed E-state index contributed by atoms with van der Waals surface area (Å²) in [6.45, 7) is 2.49. The molecule has 1 rings (SSSR count). The van der Waals surface area contributed by atoms with Crippen LogP contribution in [0.4, 0.5) is 0 Å². The molecule has 1 aromatic rings. The molecule has 0 spiro atoms. The Morgan fingerprint density at radius 3 is 3.00 bits per heavy atom. The van der Waals surface area contributed by atoms with Crippen LogP contribution < -0.4 is 5.69 Å². The average Bonchev–Trinajstić information content (AvgIpc) is 2.46. The van der Waals surface area contributed by atoms with Crippen LogP contribution in [0.15, 0.2) is 9.95 Å². The molecule has 0 saturated carbocycles. The second-order valence-corrected chi connectivity index (χ2v) is 3.59. The van der Waals surface area contributed by atoms with Gasteiger partial charge >= 0.3 is 11.7 Å². The number of aromatic amines is 1. The molecule has 78 valence electrons. The number of carboxylic acids is 1. The minimum atomic E-state index is -0.923. The molecule has 0 aromatic carbocycles. The topological polar surface area (TPSA) is 88.0 Å². The fourth-order valence-electron chi connectivity index (χ4n) is 0.960. The van der Waals surface area contributed by atoms with Crippen LogP contribution in [-0.4, -0.2) is 31.6 Å². The molecule has 0 saturated heterocycles. The maximum atomic E-state index is 11.2. The van der Waals surface area contributed by atoms with Crippen LogP contribution in [0.1, 0.15) is 13.3 Å². The molecular formula is C7H11N3O3S. The molecule has 14 heavy (non-hydrogen) atoms. The van der Waals surface area contributed by atoms with E-state index in [1.807, 2.05) is 6.92 Å². The molecule has 0 fully saturated rings. The number of aromatic nitrogens is 3. The maximum Gasteiger partial charge on any atom is 0.343 e. The fourth-order valence-corrected chi connectivity index (χ4v) is 1.65. The molecule has 0 radical (unpaired) electrons. The fraction of sp³-hybridized carbons (Fsp3) is 0.571. The predicted molar refractivity (Wildman–Crippen MR) is 51.5 cm³/mol. The second-order valence-electron chi connectivity index (χ2n) is 2.65. The summed E-state index contributed by atoms with van der Waals surface area (Å²) in [5, 5.41) is 14.9. The molecular weight excluding hydrogens is 206 g/mol. The second kappa shape index (κ2) is 4.85. The number of nitrogens with zero attached hydrogens (tertiary/aromatic N) is 2. The van der Waals surface area contributed by atoms with Gasteiger partial charge in [0.15, 0.2) is 5.16 Å². The van der Waals surface area contributed by atoms with E-state index in [1.54, 1.807) is 0 Å². The lowest BCUT2D eigenvalue weighted by atomic mass is 10.5. The van der Waals surface area contributed by atoms with Gasteiger partial charge in [-0.3, -0.25) is 9.36 Å². The normalized spacial score (nSPS) is 10.4. The number of rotatable bonds is 5. The Hall–Kier alpha value is -1.24. The first-order valence-electron chi connectivity index (χ1n) is 4.15. The zero-order valence-corrected chi connectivity index (χ0v) is 8.50. The van der Waals surface area contributed by atoms with Crippen molar-refractivity contribution in [2.75, 3.05) is 5.75 Å². The number of H-pyrrole nitrogens is 1. The van der Waals surface area contributed by atoms with Gasteiger partial charge in [-0.05, 0) is 6.42 Å². The van der Waals surface area contributed by atoms with Gasteiger partial charge in [-0.1, -0.05) is 18.7 Å². The minimum Gasteiger partial charge on any atom is -0.481 e. The number of nitrogens with one attached hydrogen (secondary N) is 1. The highest BCUT2D eigenvalue weighted by Gasteiger charge is 2.09. The van der Waals surface area contributed by atoms with Crippen LogP contribution >= 0.6 is 11.8 Å². The van der Waals surface area contributed by atoms with E-state index in [-0.39, 0.29) is 11.4 Å². The molecule has 6 nitrogen and oxygen atoms in total. The summed E-state index contributed by atoms with van der Waals surface area (Å²) in [5.74, 6) is -1.01. The van der Waals surface area contributed by atoms with Crippen molar-refractivity contribution in [3.63, 3.8) is 0 Å². The van der Waals surface area contributed by atoms with E-state index in [0.717, 1.165) is 18.2 Å². The summed E-state index contributed by atoms with van der Waals surface area (Å²) in [5.41, 5.74) is -0.292. The van der Waals surface area contributed by atoms with Crippen LogP contribution in [-0.2, 0) is 11.3 Å². The van der Waals surface area contributed by atoms with Gasteiger partial charge < -0.3 is 5.11 Å².